The molecule has 2 aromatic heterocycles. The van der Waals surface area contributed by atoms with Gasteiger partial charge in [-0.25, -0.2) is 4.98 Å². The maximum Gasteiger partial charge on any atom is 0.135 e. The van der Waals surface area contributed by atoms with E-state index in [1.165, 1.54) is 5.56 Å². The van der Waals surface area contributed by atoms with Crippen LogP contribution < -0.4 is 4.74 Å². The first-order chi connectivity index (χ1) is 15.4. The normalized spacial score (nSPS) is 12.1. The number of hydrogen-bond acceptors (Lipinski definition) is 3. The molecule has 0 saturated carbocycles. The van der Waals surface area contributed by atoms with Gasteiger partial charge in [0.05, 0.1) is 16.7 Å². The topological polar surface area (TPSA) is 35.0 Å². The third-order valence-electron chi connectivity index (χ3n) is 6.11. The molecule has 3 heterocycles. The Kier molecular flexibility index (Phi) is 3.27. The smallest absolute Gasteiger partial charge is 0.135 e. The molecule has 1 aliphatic rings. The molecule has 0 N–H and O–H groups in total. The van der Waals surface area contributed by atoms with Gasteiger partial charge in [-0.2, -0.15) is 0 Å². The highest BCUT2D eigenvalue weighted by Crippen LogP contribution is 2.48. The van der Waals surface area contributed by atoms with Gasteiger partial charge in [0.15, 0.2) is 0 Å². The lowest BCUT2D eigenvalue weighted by molar-refractivity contribution is 0.487. The maximum atomic E-state index is 6.24. The second-order valence-electron chi connectivity index (χ2n) is 7.85. The molecule has 7 rings (SSSR count). The van der Waals surface area contributed by atoms with E-state index in [1.54, 1.807) is 0 Å². The fraction of sp³-hybridized carbons (Fsp3) is 0. The molecule has 1 aliphatic heterocycles. The summed E-state index contributed by atoms with van der Waals surface area (Å²) < 4.78 is 6.24. The lowest BCUT2D eigenvalue weighted by Gasteiger charge is -2.22. The Morgan fingerprint density at radius 1 is 0.548 bits per heavy atom. The van der Waals surface area contributed by atoms with E-state index in [1.807, 2.05) is 24.4 Å². The van der Waals surface area contributed by atoms with Gasteiger partial charge in [-0.05, 0) is 41.3 Å². The number of pyridine rings is 2. The molecule has 31 heavy (non-hydrogen) atoms. The number of hydrogen-bond donors (Lipinski definition) is 0. The van der Waals surface area contributed by atoms with Crippen LogP contribution in [-0.2, 0) is 0 Å². The third kappa shape index (κ3) is 2.34. The molecule has 3 heteroatoms. The van der Waals surface area contributed by atoms with Gasteiger partial charge < -0.3 is 4.74 Å². The summed E-state index contributed by atoms with van der Waals surface area (Å²) >= 11 is 0. The van der Waals surface area contributed by atoms with Crippen LogP contribution in [0.25, 0.3) is 55.0 Å². The highest BCUT2D eigenvalue weighted by molar-refractivity contribution is 6.10. The number of rotatable bonds is 1. The van der Waals surface area contributed by atoms with Gasteiger partial charge in [0, 0.05) is 33.5 Å². The Morgan fingerprint density at radius 2 is 1.39 bits per heavy atom. The molecule has 0 aliphatic carbocycles. The van der Waals surface area contributed by atoms with Crippen LogP contribution in [0.2, 0.25) is 0 Å². The largest absolute Gasteiger partial charge is 0.456 e. The van der Waals surface area contributed by atoms with Crippen molar-refractivity contribution in [3.8, 4) is 33.9 Å². The van der Waals surface area contributed by atoms with Gasteiger partial charge in [0.2, 0.25) is 0 Å². The highest BCUT2D eigenvalue weighted by atomic mass is 16.5. The van der Waals surface area contributed by atoms with Crippen LogP contribution in [0.4, 0.5) is 0 Å². The second kappa shape index (κ2) is 6.13. The Balaban J connectivity index is 1.53. The Labute approximate surface area is 178 Å². The van der Waals surface area contributed by atoms with Gasteiger partial charge >= 0.3 is 0 Å². The van der Waals surface area contributed by atoms with Crippen LogP contribution in [0.3, 0.4) is 0 Å². The molecular formula is C28H16N2O. The van der Waals surface area contributed by atoms with Gasteiger partial charge in [0.25, 0.3) is 0 Å². The van der Waals surface area contributed by atoms with E-state index in [4.69, 9.17) is 9.72 Å². The summed E-state index contributed by atoms with van der Waals surface area (Å²) in [6, 6.07) is 31.3. The van der Waals surface area contributed by atoms with Crippen molar-refractivity contribution in [3.63, 3.8) is 0 Å². The number of fused-ring (bicyclic) bond motifs is 5. The molecule has 0 atom stereocenters. The van der Waals surface area contributed by atoms with Crippen molar-refractivity contribution in [1.29, 1.82) is 0 Å². The molecule has 0 fully saturated rings. The number of aromatic nitrogens is 2. The Morgan fingerprint density at radius 3 is 2.35 bits per heavy atom. The fourth-order valence-corrected chi connectivity index (χ4v) is 4.68. The number of para-hydroxylation sites is 1. The van der Waals surface area contributed by atoms with Crippen LogP contribution in [0.15, 0.2) is 97.2 Å². The molecule has 3 nitrogen and oxygen atoms in total. The van der Waals surface area contributed by atoms with Crippen LogP contribution in [-0.4, -0.2) is 9.97 Å². The van der Waals surface area contributed by atoms with E-state index in [9.17, 15) is 0 Å². The van der Waals surface area contributed by atoms with Crippen LogP contribution in [0.1, 0.15) is 0 Å². The van der Waals surface area contributed by atoms with E-state index < -0.39 is 0 Å². The molecule has 0 bridgehead atoms. The first-order valence-corrected chi connectivity index (χ1v) is 10.3. The van der Waals surface area contributed by atoms with Crippen LogP contribution in [0, 0.1) is 0 Å². The predicted octanol–water partition coefficient (Wildman–Crippen LogP) is 7.38. The van der Waals surface area contributed by atoms with E-state index in [2.05, 4.69) is 77.8 Å². The molecule has 0 unspecified atom stereocenters. The zero-order chi connectivity index (χ0) is 20.4. The van der Waals surface area contributed by atoms with Crippen molar-refractivity contribution in [3.05, 3.63) is 97.2 Å². The summed E-state index contributed by atoms with van der Waals surface area (Å²) in [5.74, 6) is 1.79. The molecule has 144 valence electrons. The fourth-order valence-electron chi connectivity index (χ4n) is 4.68. The minimum atomic E-state index is 0.890. The number of ether oxygens (including phenoxy) is 1. The van der Waals surface area contributed by atoms with Crippen molar-refractivity contribution < 1.29 is 4.74 Å². The average molecular weight is 396 g/mol. The van der Waals surface area contributed by atoms with Crippen molar-refractivity contribution in [2.45, 2.75) is 0 Å². The van der Waals surface area contributed by atoms with E-state index in [0.29, 0.717) is 0 Å². The molecule has 0 spiro atoms. The number of benzene rings is 4. The summed E-state index contributed by atoms with van der Waals surface area (Å²) in [4.78, 5) is 9.67. The molecular weight excluding hydrogens is 380 g/mol. The third-order valence-corrected chi connectivity index (χ3v) is 6.11. The van der Waals surface area contributed by atoms with Crippen molar-refractivity contribution in [2.24, 2.45) is 0 Å². The lowest BCUT2D eigenvalue weighted by Crippen LogP contribution is -1.98. The summed E-state index contributed by atoms with van der Waals surface area (Å²) in [6.45, 7) is 0. The Bertz CT molecular complexity index is 1670. The van der Waals surface area contributed by atoms with E-state index in [0.717, 1.165) is 60.9 Å². The summed E-state index contributed by atoms with van der Waals surface area (Å²) in [7, 11) is 0. The quantitative estimate of drug-likeness (QED) is 0.272. The Hall–Kier alpha value is -4.24. The first-order valence-electron chi connectivity index (χ1n) is 10.3. The average Bonchev–Trinajstić information content (AvgIpc) is 2.84. The van der Waals surface area contributed by atoms with E-state index >= 15 is 0 Å². The standard InChI is InChI=1S/C28H16N2O/c1-2-9-24-20(6-1)22-8-3-7-21-19(13-15-25(31-24)26(21)22)23-14-12-18-11-10-17-5-4-16-29-27(17)28(18)30-23/h1-16H. The summed E-state index contributed by atoms with van der Waals surface area (Å²) in [5.41, 5.74) is 6.22. The van der Waals surface area contributed by atoms with Crippen LogP contribution in [0.5, 0.6) is 11.5 Å². The molecule has 6 aromatic rings. The lowest BCUT2D eigenvalue weighted by atomic mass is 9.91. The van der Waals surface area contributed by atoms with Gasteiger partial charge in [-0.1, -0.05) is 60.7 Å². The monoisotopic (exact) mass is 396 g/mol. The van der Waals surface area contributed by atoms with Crippen molar-refractivity contribution in [2.75, 3.05) is 0 Å². The second-order valence-corrected chi connectivity index (χ2v) is 7.85. The van der Waals surface area contributed by atoms with Gasteiger partial charge in [0.1, 0.15) is 11.5 Å². The predicted molar refractivity (Wildman–Crippen MR) is 125 cm³/mol. The first kappa shape index (κ1) is 16.5. The molecule has 0 radical (unpaired) electrons. The molecule has 4 aromatic carbocycles. The summed E-state index contributed by atoms with van der Waals surface area (Å²) in [6.07, 6.45) is 1.83. The zero-order valence-corrected chi connectivity index (χ0v) is 16.5. The van der Waals surface area contributed by atoms with Gasteiger partial charge in [-0.15, -0.1) is 0 Å². The molecule has 0 saturated heterocycles. The SMILES string of the molecule is c1ccc2c(c1)Oc1ccc(-c3ccc4ccc5cccnc5c4n3)c3cccc-2c13. The highest BCUT2D eigenvalue weighted by Gasteiger charge is 2.21. The van der Waals surface area contributed by atoms with Crippen molar-refractivity contribution >= 4 is 32.6 Å². The van der Waals surface area contributed by atoms with Gasteiger partial charge in [-0.3, -0.25) is 4.98 Å². The van der Waals surface area contributed by atoms with Crippen molar-refractivity contribution in [1.82, 2.24) is 9.97 Å². The maximum absolute atomic E-state index is 6.24. The number of nitrogens with zero attached hydrogens (tertiary/aromatic N) is 2. The van der Waals surface area contributed by atoms with E-state index in [-0.39, 0.29) is 0 Å². The van der Waals surface area contributed by atoms with Crippen LogP contribution >= 0.6 is 0 Å². The molecule has 0 amide bonds. The minimum absolute atomic E-state index is 0.890. The zero-order valence-electron chi connectivity index (χ0n) is 16.5. The summed E-state index contributed by atoms with van der Waals surface area (Å²) in [5, 5.41) is 4.47. The minimum Gasteiger partial charge on any atom is -0.456 e.